The highest BCUT2D eigenvalue weighted by molar-refractivity contribution is 7.89. The Labute approximate surface area is 127 Å². The second-order valence-corrected chi connectivity index (χ2v) is 6.93. The molecule has 0 aliphatic carbocycles. The van der Waals surface area contributed by atoms with E-state index in [2.05, 4.69) is 10.2 Å². The van der Waals surface area contributed by atoms with E-state index in [-0.39, 0.29) is 17.5 Å². The first-order valence-corrected chi connectivity index (χ1v) is 8.09. The molecule has 0 aliphatic rings. The van der Waals surface area contributed by atoms with E-state index in [1.807, 2.05) is 0 Å². The number of aromatic nitrogens is 2. The van der Waals surface area contributed by atoms with Crippen LogP contribution in [0, 0.1) is 0 Å². The summed E-state index contributed by atoms with van der Waals surface area (Å²) in [6.45, 7) is 0.236. The molecule has 0 amide bonds. The van der Waals surface area contributed by atoms with Crippen LogP contribution < -0.4 is 0 Å². The first kappa shape index (κ1) is 15.3. The average Bonchev–Trinajstić information content (AvgIpc) is 2.90. The summed E-state index contributed by atoms with van der Waals surface area (Å²) in [5, 5.41) is 6.86. The van der Waals surface area contributed by atoms with E-state index in [1.165, 1.54) is 17.5 Å². The highest BCUT2D eigenvalue weighted by Gasteiger charge is 2.25. The predicted octanol–water partition coefficient (Wildman–Crippen LogP) is 2.62. The van der Waals surface area contributed by atoms with Crippen molar-refractivity contribution in [1.82, 2.24) is 14.5 Å². The number of hydrogen-bond acceptors (Lipinski definition) is 3. The maximum Gasteiger partial charge on any atom is 0.260 e. The van der Waals surface area contributed by atoms with Gasteiger partial charge in [-0.1, -0.05) is 23.7 Å². The zero-order valence-corrected chi connectivity index (χ0v) is 13.0. The largest absolute Gasteiger partial charge is 0.266 e. The van der Waals surface area contributed by atoms with Gasteiger partial charge in [0.2, 0.25) is 0 Å². The molecule has 0 bridgehead atoms. The molecule has 5 nitrogen and oxygen atoms in total. The van der Waals surface area contributed by atoms with Gasteiger partial charge in [0.05, 0.1) is 12.1 Å². The number of nitrogens with zero attached hydrogens (tertiary/aromatic N) is 2. The van der Waals surface area contributed by atoms with Gasteiger partial charge in [-0.2, -0.15) is 9.40 Å². The molecule has 1 N–H and O–H groups in total. The van der Waals surface area contributed by atoms with Crippen LogP contribution in [0.25, 0.3) is 0 Å². The molecule has 0 saturated carbocycles. The molecule has 0 aliphatic heterocycles. The molecule has 0 atom stereocenters. The molecule has 1 aromatic carbocycles. The Bertz CT molecular complexity index is 683. The van der Waals surface area contributed by atoms with E-state index in [9.17, 15) is 8.42 Å². The van der Waals surface area contributed by atoms with Gasteiger partial charge in [0.25, 0.3) is 10.0 Å². The Morgan fingerprint density at radius 2 is 1.95 bits per heavy atom. The summed E-state index contributed by atoms with van der Waals surface area (Å²) in [5.74, 6) is 0.0832. The van der Waals surface area contributed by atoms with Gasteiger partial charge in [0.1, 0.15) is 0 Å². The molecule has 0 saturated heterocycles. The molecule has 8 heteroatoms. The lowest BCUT2D eigenvalue weighted by Crippen LogP contribution is -2.27. The fourth-order valence-electron chi connectivity index (χ4n) is 1.71. The van der Waals surface area contributed by atoms with Crippen LogP contribution in [-0.2, 0) is 22.4 Å². The van der Waals surface area contributed by atoms with Crippen molar-refractivity contribution < 1.29 is 8.42 Å². The second kappa shape index (κ2) is 6.13. The lowest BCUT2D eigenvalue weighted by molar-refractivity contribution is 0.463. The summed E-state index contributed by atoms with van der Waals surface area (Å²) in [7, 11) is -2.15. The Kier molecular flexibility index (Phi) is 4.70. The van der Waals surface area contributed by atoms with E-state index in [0.717, 1.165) is 5.56 Å². The first-order valence-electron chi connectivity index (χ1n) is 5.74. The number of hydrogen-bond donors (Lipinski definition) is 1. The van der Waals surface area contributed by atoms with Gasteiger partial charge in [-0.25, -0.2) is 8.42 Å². The van der Waals surface area contributed by atoms with Gasteiger partial charge < -0.3 is 0 Å². The van der Waals surface area contributed by atoms with Gasteiger partial charge in [-0.15, -0.1) is 11.6 Å². The van der Waals surface area contributed by atoms with Gasteiger partial charge in [0, 0.05) is 24.2 Å². The van der Waals surface area contributed by atoms with E-state index < -0.39 is 10.0 Å². The van der Waals surface area contributed by atoms with Crippen LogP contribution in [0.5, 0.6) is 0 Å². The molecule has 0 fully saturated rings. The van der Waals surface area contributed by atoms with Crippen molar-refractivity contribution in [3.8, 4) is 0 Å². The topological polar surface area (TPSA) is 66.1 Å². The van der Waals surface area contributed by atoms with Crippen LogP contribution in [0.15, 0.2) is 35.5 Å². The summed E-state index contributed by atoms with van der Waals surface area (Å²) >= 11 is 11.5. The van der Waals surface area contributed by atoms with Crippen molar-refractivity contribution in [2.24, 2.45) is 0 Å². The number of benzene rings is 1. The monoisotopic (exact) mass is 333 g/mol. The lowest BCUT2D eigenvalue weighted by atomic mass is 10.2. The summed E-state index contributed by atoms with van der Waals surface area (Å²) in [6.07, 6.45) is 1.41. The number of aromatic amines is 1. The second-order valence-electron chi connectivity index (χ2n) is 4.25. The molecule has 20 heavy (non-hydrogen) atoms. The maximum atomic E-state index is 12.4. The molecule has 2 rings (SSSR count). The molecular formula is C12H13Cl2N3O2S. The summed E-state index contributed by atoms with van der Waals surface area (Å²) in [6, 6.07) is 7.00. The number of nitrogens with one attached hydrogen (secondary N) is 1. The van der Waals surface area contributed by atoms with Gasteiger partial charge in [-0.3, -0.25) is 5.10 Å². The van der Waals surface area contributed by atoms with E-state index >= 15 is 0 Å². The third kappa shape index (κ3) is 3.15. The van der Waals surface area contributed by atoms with Crippen LogP contribution >= 0.6 is 23.2 Å². The molecular weight excluding hydrogens is 321 g/mol. The molecule has 0 spiro atoms. The molecule has 2 aromatic rings. The average molecular weight is 334 g/mol. The minimum Gasteiger partial charge on any atom is -0.266 e. The SMILES string of the molecule is CN(Cc1ccc(Cl)cc1)S(=O)(=O)c1[nH]ncc1CCl. The van der Waals surface area contributed by atoms with Crippen molar-refractivity contribution in [3.63, 3.8) is 0 Å². The van der Waals surface area contributed by atoms with Crippen LogP contribution in [0.2, 0.25) is 5.02 Å². The Hall–Kier alpha value is -1.08. The van der Waals surface area contributed by atoms with Crippen molar-refractivity contribution in [1.29, 1.82) is 0 Å². The van der Waals surface area contributed by atoms with Crippen LogP contribution in [0.3, 0.4) is 0 Å². The first-order chi connectivity index (χ1) is 9.45. The normalized spacial score (nSPS) is 12.0. The van der Waals surface area contributed by atoms with Crippen molar-refractivity contribution >= 4 is 33.2 Å². The molecule has 0 radical (unpaired) electrons. The van der Waals surface area contributed by atoms with Crippen LogP contribution in [0.1, 0.15) is 11.1 Å². The van der Waals surface area contributed by atoms with Crippen LogP contribution in [0.4, 0.5) is 0 Å². The minimum absolute atomic E-state index is 0.0314. The number of alkyl halides is 1. The van der Waals surface area contributed by atoms with Gasteiger partial charge in [-0.05, 0) is 17.7 Å². The third-order valence-electron chi connectivity index (χ3n) is 2.81. The number of rotatable bonds is 5. The van der Waals surface area contributed by atoms with Gasteiger partial charge >= 0.3 is 0 Å². The predicted molar refractivity (Wildman–Crippen MR) is 78.2 cm³/mol. The Morgan fingerprint density at radius 1 is 1.30 bits per heavy atom. The molecule has 0 unspecified atom stereocenters. The molecule has 108 valence electrons. The van der Waals surface area contributed by atoms with Crippen molar-refractivity contribution in [2.75, 3.05) is 7.05 Å². The van der Waals surface area contributed by atoms with Crippen LogP contribution in [-0.4, -0.2) is 30.0 Å². The lowest BCUT2D eigenvalue weighted by Gasteiger charge is -2.16. The fraction of sp³-hybridized carbons (Fsp3) is 0.250. The zero-order valence-electron chi connectivity index (χ0n) is 10.7. The number of halogens is 2. The number of H-pyrrole nitrogens is 1. The maximum absolute atomic E-state index is 12.4. The van der Waals surface area contributed by atoms with E-state index in [4.69, 9.17) is 23.2 Å². The minimum atomic E-state index is -3.65. The molecule has 1 heterocycles. The summed E-state index contributed by atoms with van der Waals surface area (Å²) in [5.41, 5.74) is 1.29. The highest BCUT2D eigenvalue weighted by atomic mass is 35.5. The standard InChI is InChI=1S/C12H13Cl2N3O2S/c1-17(8-9-2-4-11(14)5-3-9)20(18,19)12-10(6-13)7-15-16-12/h2-5,7H,6,8H2,1H3,(H,15,16). The Morgan fingerprint density at radius 3 is 2.55 bits per heavy atom. The van der Waals surface area contributed by atoms with Crippen molar-refractivity contribution in [3.05, 3.63) is 46.6 Å². The number of sulfonamides is 1. The van der Waals surface area contributed by atoms with Crippen molar-refractivity contribution in [2.45, 2.75) is 17.5 Å². The quantitative estimate of drug-likeness (QED) is 0.855. The van der Waals surface area contributed by atoms with E-state index in [1.54, 1.807) is 24.3 Å². The van der Waals surface area contributed by atoms with E-state index in [0.29, 0.717) is 10.6 Å². The Balaban J connectivity index is 2.23. The summed E-state index contributed by atoms with van der Waals surface area (Å²) < 4.78 is 26.1. The van der Waals surface area contributed by atoms with Gasteiger partial charge in [0.15, 0.2) is 5.03 Å². The molecule has 1 aromatic heterocycles. The highest BCUT2D eigenvalue weighted by Crippen LogP contribution is 2.20. The fourth-order valence-corrected chi connectivity index (χ4v) is 3.37. The smallest absolute Gasteiger partial charge is 0.260 e. The zero-order chi connectivity index (χ0) is 14.8. The summed E-state index contributed by atoms with van der Waals surface area (Å²) in [4.78, 5) is 0. The third-order valence-corrected chi connectivity index (χ3v) is 5.17.